The van der Waals surface area contributed by atoms with Gasteiger partial charge in [-0.2, -0.15) is 0 Å². The van der Waals surface area contributed by atoms with Crippen molar-refractivity contribution in [2.75, 3.05) is 28.4 Å². The maximum Gasteiger partial charge on any atom is 0.310 e. The molecule has 0 radical (unpaired) electrons. The van der Waals surface area contributed by atoms with Crippen molar-refractivity contribution in [3.8, 4) is 0 Å². The van der Waals surface area contributed by atoms with Gasteiger partial charge in [-0.3, -0.25) is 19.2 Å². The van der Waals surface area contributed by atoms with E-state index in [0.29, 0.717) is 0 Å². The van der Waals surface area contributed by atoms with Crippen LogP contribution in [0.25, 0.3) is 0 Å². The molecule has 0 bridgehead atoms. The second-order valence-electron chi connectivity index (χ2n) is 9.59. The first kappa shape index (κ1) is 27.1. The Balaban J connectivity index is 2.05. The molecule has 0 heterocycles. The molecule has 2 aliphatic carbocycles. The summed E-state index contributed by atoms with van der Waals surface area (Å²) in [4.78, 5) is 52.9. The molecule has 0 saturated heterocycles. The highest BCUT2D eigenvalue weighted by molar-refractivity contribution is 5.87. The fourth-order valence-electron chi connectivity index (χ4n) is 6.30. The van der Waals surface area contributed by atoms with Gasteiger partial charge in [-0.1, -0.05) is 71.8 Å². The normalized spacial score (nSPS) is 26.5. The van der Waals surface area contributed by atoms with Gasteiger partial charge in [0.15, 0.2) is 0 Å². The molecule has 8 nitrogen and oxygen atoms in total. The Bertz CT molecular complexity index is 1120. The summed E-state index contributed by atoms with van der Waals surface area (Å²) in [6, 6.07) is 18.7. The van der Waals surface area contributed by atoms with Crippen molar-refractivity contribution in [2.45, 2.75) is 24.7 Å². The van der Waals surface area contributed by atoms with Gasteiger partial charge in [-0.05, 0) is 24.0 Å². The van der Waals surface area contributed by atoms with E-state index >= 15 is 0 Å². The average Bonchev–Trinajstić information content (AvgIpc) is 2.98. The predicted molar refractivity (Wildman–Crippen MR) is 137 cm³/mol. The third kappa shape index (κ3) is 4.83. The number of hydrogen-bond donors (Lipinski definition) is 0. The lowest BCUT2D eigenvalue weighted by atomic mass is 9.55. The Kier molecular flexibility index (Phi) is 8.29. The molecule has 4 rings (SSSR count). The summed E-state index contributed by atoms with van der Waals surface area (Å²) in [5, 5.41) is 0. The monoisotopic (exact) mass is 520 g/mol. The zero-order valence-electron chi connectivity index (χ0n) is 21.9. The van der Waals surface area contributed by atoms with Crippen molar-refractivity contribution < 1.29 is 38.1 Å². The Labute approximate surface area is 221 Å². The summed E-state index contributed by atoms with van der Waals surface area (Å²) in [5.41, 5.74) is 3.26. The largest absolute Gasteiger partial charge is 0.469 e. The van der Waals surface area contributed by atoms with Gasteiger partial charge < -0.3 is 18.9 Å². The summed E-state index contributed by atoms with van der Waals surface area (Å²) >= 11 is 0. The Morgan fingerprint density at radius 3 is 1.13 bits per heavy atom. The van der Waals surface area contributed by atoms with Gasteiger partial charge >= 0.3 is 23.9 Å². The quantitative estimate of drug-likeness (QED) is 0.322. The van der Waals surface area contributed by atoms with Crippen molar-refractivity contribution in [1.82, 2.24) is 0 Å². The van der Waals surface area contributed by atoms with Crippen LogP contribution in [0, 0.1) is 23.7 Å². The highest BCUT2D eigenvalue weighted by atomic mass is 16.5. The molecule has 200 valence electrons. The molecular formula is C30H32O8. The molecule has 0 fully saturated rings. The van der Waals surface area contributed by atoms with Gasteiger partial charge in [-0.25, -0.2) is 0 Å². The van der Waals surface area contributed by atoms with E-state index < -0.39 is 59.4 Å². The summed E-state index contributed by atoms with van der Waals surface area (Å²) in [6.45, 7) is 0. The highest BCUT2D eigenvalue weighted by Gasteiger charge is 2.56. The van der Waals surface area contributed by atoms with Crippen LogP contribution in [-0.4, -0.2) is 52.3 Å². The maximum absolute atomic E-state index is 13.5. The van der Waals surface area contributed by atoms with E-state index in [1.165, 1.54) is 28.4 Å². The first-order valence-corrected chi connectivity index (χ1v) is 12.5. The van der Waals surface area contributed by atoms with Crippen LogP contribution in [0.4, 0.5) is 0 Å². The third-order valence-electron chi connectivity index (χ3n) is 7.91. The number of carbonyl (C=O) groups is 4. The third-order valence-corrected chi connectivity index (χ3v) is 7.91. The number of rotatable bonds is 6. The number of ether oxygens (including phenoxy) is 4. The molecule has 0 aliphatic heterocycles. The zero-order valence-corrected chi connectivity index (χ0v) is 21.9. The lowest BCUT2D eigenvalue weighted by Crippen LogP contribution is -2.47. The Morgan fingerprint density at radius 2 is 0.842 bits per heavy atom. The van der Waals surface area contributed by atoms with E-state index in [9.17, 15) is 19.2 Å². The van der Waals surface area contributed by atoms with Crippen molar-refractivity contribution in [1.29, 1.82) is 0 Å². The lowest BCUT2D eigenvalue weighted by Gasteiger charge is -2.47. The van der Waals surface area contributed by atoms with Crippen molar-refractivity contribution in [3.05, 3.63) is 82.9 Å². The molecule has 0 unspecified atom stereocenters. The second-order valence-corrected chi connectivity index (χ2v) is 9.59. The molecule has 2 aromatic carbocycles. The number of hydrogen-bond acceptors (Lipinski definition) is 8. The fraction of sp³-hybridized carbons (Fsp3) is 0.400. The molecule has 38 heavy (non-hydrogen) atoms. The molecule has 0 aromatic heterocycles. The van der Waals surface area contributed by atoms with Crippen LogP contribution in [0.1, 0.15) is 35.8 Å². The van der Waals surface area contributed by atoms with Gasteiger partial charge in [0.1, 0.15) is 0 Å². The number of esters is 4. The molecule has 2 aromatic rings. The fourth-order valence-corrected chi connectivity index (χ4v) is 6.30. The van der Waals surface area contributed by atoms with Crippen LogP contribution in [-0.2, 0) is 38.1 Å². The van der Waals surface area contributed by atoms with Gasteiger partial charge in [0.2, 0.25) is 0 Å². The van der Waals surface area contributed by atoms with Gasteiger partial charge in [-0.15, -0.1) is 0 Å². The minimum absolute atomic E-state index is 0.173. The molecule has 8 heteroatoms. The Hall–Kier alpha value is -3.94. The number of allylic oxidation sites excluding steroid dienone is 2. The molecule has 0 N–H and O–H groups in total. The lowest BCUT2D eigenvalue weighted by molar-refractivity contribution is -0.161. The van der Waals surface area contributed by atoms with Gasteiger partial charge in [0.25, 0.3) is 0 Å². The average molecular weight is 521 g/mol. The predicted octanol–water partition coefficient (Wildman–Crippen LogP) is 3.81. The number of methoxy groups -OCH3 is 4. The summed E-state index contributed by atoms with van der Waals surface area (Å²) in [6.07, 6.45) is 0.345. The molecule has 0 saturated carbocycles. The van der Waals surface area contributed by atoms with Crippen LogP contribution in [0.3, 0.4) is 0 Å². The molecule has 0 amide bonds. The van der Waals surface area contributed by atoms with E-state index in [0.717, 1.165) is 22.3 Å². The summed E-state index contributed by atoms with van der Waals surface area (Å²) < 4.78 is 20.7. The van der Waals surface area contributed by atoms with Crippen LogP contribution in [0.15, 0.2) is 71.8 Å². The smallest absolute Gasteiger partial charge is 0.310 e. The molecule has 6 atom stereocenters. The summed E-state index contributed by atoms with van der Waals surface area (Å²) in [5.74, 6) is -6.76. The summed E-state index contributed by atoms with van der Waals surface area (Å²) in [7, 11) is 5.16. The van der Waals surface area contributed by atoms with E-state index in [2.05, 4.69) is 0 Å². The van der Waals surface area contributed by atoms with Gasteiger partial charge in [0, 0.05) is 11.8 Å². The molecule has 2 aliphatic rings. The van der Waals surface area contributed by atoms with Gasteiger partial charge in [0.05, 0.1) is 52.1 Å². The van der Waals surface area contributed by atoms with Crippen molar-refractivity contribution in [3.63, 3.8) is 0 Å². The first-order chi connectivity index (χ1) is 18.4. The van der Waals surface area contributed by atoms with Crippen LogP contribution < -0.4 is 0 Å². The van der Waals surface area contributed by atoms with Crippen LogP contribution in [0.5, 0.6) is 0 Å². The molecular weight excluding hydrogens is 488 g/mol. The number of benzene rings is 2. The zero-order chi connectivity index (χ0) is 27.4. The van der Waals surface area contributed by atoms with E-state index in [1.54, 1.807) is 0 Å². The van der Waals surface area contributed by atoms with Crippen molar-refractivity contribution >= 4 is 23.9 Å². The number of carbonyl (C=O) groups excluding carboxylic acids is 4. The maximum atomic E-state index is 13.5. The van der Waals surface area contributed by atoms with Crippen LogP contribution in [0.2, 0.25) is 0 Å². The molecule has 0 spiro atoms. The minimum Gasteiger partial charge on any atom is -0.469 e. The Morgan fingerprint density at radius 1 is 0.526 bits per heavy atom. The second kappa shape index (κ2) is 11.6. The SMILES string of the molecule is COC(=O)[C@@H]1[C@H](C(=O)OC)[C@H](c2ccccc2)C2=C(C[C@@H](C(=O)OC)[C@@H](C(=O)OC)C2)[C@@H]1c1ccccc1. The minimum atomic E-state index is -0.924. The van der Waals surface area contributed by atoms with E-state index in [-0.39, 0.29) is 12.8 Å². The standard InChI is InChI=1S/C30H32O8/c1-35-27(31)21-15-19-20(16-22(21)28(32)36-2)24(18-13-9-6-10-14-18)26(30(34)38-4)25(29(33)37-3)23(19)17-11-7-5-8-12-17/h5-14,21-26H,15-16H2,1-4H3/t21-,22+,23+,24-,25+,26-. The van der Waals surface area contributed by atoms with E-state index in [1.807, 2.05) is 60.7 Å². The van der Waals surface area contributed by atoms with E-state index in [4.69, 9.17) is 18.9 Å². The highest BCUT2D eigenvalue weighted by Crippen LogP contribution is 2.58. The van der Waals surface area contributed by atoms with Crippen molar-refractivity contribution in [2.24, 2.45) is 23.7 Å². The first-order valence-electron chi connectivity index (χ1n) is 12.5. The topological polar surface area (TPSA) is 105 Å². The van der Waals surface area contributed by atoms with Crippen LogP contribution >= 0.6 is 0 Å².